The highest BCUT2D eigenvalue weighted by Crippen LogP contribution is 2.29. The molecule has 2 heterocycles. The largest absolute Gasteiger partial charge is 0.436 e. The predicted molar refractivity (Wildman–Crippen MR) is 130 cm³/mol. The number of aromatic nitrogens is 2. The van der Waals surface area contributed by atoms with Gasteiger partial charge in [-0.05, 0) is 12.1 Å². The van der Waals surface area contributed by atoms with Crippen LogP contribution in [0.25, 0.3) is 33.3 Å². The number of hydrogen-bond acceptors (Lipinski definition) is 7. The van der Waals surface area contributed by atoms with E-state index in [1.807, 2.05) is 60.7 Å². The van der Waals surface area contributed by atoms with Crippen LogP contribution in [-0.2, 0) is 10.0 Å². The first-order valence-electron chi connectivity index (χ1n) is 10.2. The molecule has 0 saturated carbocycles. The summed E-state index contributed by atoms with van der Waals surface area (Å²) < 4.78 is 33.7. The highest BCUT2D eigenvalue weighted by molar-refractivity contribution is 7.90. The molecule has 0 saturated heterocycles. The summed E-state index contributed by atoms with van der Waals surface area (Å²) >= 11 is 1.19. The lowest BCUT2D eigenvalue weighted by atomic mass is 10.1. The second kappa shape index (κ2) is 9.05. The average molecular weight is 488 g/mol. The van der Waals surface area contributed by atoms with E-state index in [9.17, 15) is 13.2 Å². The van der Waals surface area contributed by atoms with Gasteiger partial charge in [-0.2, -0.15) is 8.42 Å². The molecule has 0 atom stereocenters. The molecule has 0 fully saturated rings. The Hall–Kier alpha value is -4.08. The molecule has 9 heteroatoms. The SMILES string of the molecule is O=C(NS(=O)(=O)c1csc(-c2ccccc2)n1)c1ccccc1-c1ncc(-c2ccccc2)o1. The van der Waals surface area contributed by atoms with Crippen molar-refractivity contribution >= 4 is 27.3 Å². The summed E-state index contributed by atoms with van der Waals surface area (Å²) in [5.74, 6) is -0.0549. The molecule has 7 nitrogen and oxygen atoms in total. The molecule has 0 spiro atoms. The summed E-state index contributed by atoms with van der Waals surface area (Å²) in [6.45, 7) is 0. The zero-order valence-electron chi connectivity index (χ0n) is 17.6. The fourth-order valence-corrected chi connectivity index (χ4v) is 5.39. The van der Waals surface area contributed by atoms with Crippen LogP contribution in [0.2, 0.25) is 0 Å². The van der Waals surface area contributed by atoms with Crippen molar-refractivity contribution in [2.75, 3.05) is 0 Å². The summed E-state index contributed by atoms with van der Waals surface area (Å²) in [5, 5.41) is 1.73. The maximum absolute atomic E-state index is 13.0. The quantitative estimate of drug-likeness (QED) is 0.351. The Morgan fingerprint density at radius 1 is 0.853 bits per heavy atom. The fourth-order valence-electron chi connectivity index (χ4n) is 3.33. The normalized spacial score (nSPS) is 11.3. The van der Waals surface area contributed by atoms with Crippen molar-refractivity contribution in [3.8, 4) is 33.3 Å². The van der Waals surface area contributed by atoms with Gasteiger partial charge in [-0.25, -0.2) is 14.7 Å². The highest BCUT2D eigenvalue weighted by Gasteiger charge is 2.25. The third kappa shape index (κ3) is 4.39. The molecule has 0 aliphatic heterocycles. The van der Waals surface area contributed by atoms with E-state index < -0.39 is 15.9 Å². The van der Waals surface area contributed by atoms with Gasteiger partial charge in [0, 0.05) is 22.1 Å². The van der Waals surface area contributed by atoms with Crippen molar-refractivity contribution in [1.29, 1.82) is 0 Å². The molecule has 0 aliphatic rings. The minimum absolute atomic E-state index is 0.117. The molecule has 5 aromatic rings. The minimum atomic E-state index is -4.18. The summed E-state index contributed by atoms with van der Waals surface area (Å²) in [6, 6.07) is 25.2. The Kier molecular flexibility index (Phi) is 5.79. The standard InChI is InChI=1S/C25H17N3O4S2/c29-23(28-34(30,31)22-16-33-25(27-22)18-11-5-2-6-12-18)19-13-7-8-14-20(19)24-26-15-21(32-24)17-9-3-1-4-10-17/h1-16H,(H,28,29). The van der Waals surface area contributed by atoms with E-state index >= 15 is 0 Å². The van der Waals surface area contributed by atoms with E-state index in [1.54, 1.807) is 24.4 Å². The molecule has 3 aromatic carbocycles. The molecule has 5 rings (SSSR count). The van der Waals surface area contributed by atoms with Crippen molar-refractivity contribution in [1.82, 2.24) is 14.7 Å². The smallest absolute Gasteiger partial charge is 0.282 e. The molecule has 0 unspecified atom stereocenters. The van der Waals surface area contributed by atoms with Gasteiger partial charge in [-0.15, -0.1) is 11.3 Å². The highest BCUT2D eigenvalue weighted by atomic mass is 32.2. The molecule has 2 aromatic heterocycles. The Morgan fingerprint density at radius 3 is 2.24 bits per heavy atom. The van der Waals surface area contributed by atoms with Gasteiger partial charge in [-0.1, -0.05) is 72.8 Å². The number of carbonyl (C=O) groups excluding carboxylic acids is 1. The first-order chi connectivity index (χ1) is 16.5. The Balaban J connectivity index is 1.41. The van der Waals surface area contributed by atoms with Crippen molar-refractivity contribution in [3.63, 3.8) is 0 Å². The number of benzene rings is 3. The summed E-state index contributed by atoms with van der Waals surface area (Å²) in [7, 11) is -4.18. The Bertz CT molecular complexity index is 1560. The van der Waals surface area contributed by atoms with Gasteiger partial charge in [-0.3, -0.25) is 4.79 Å². The third-order valence-corrected chi connectivity index (χ3v) is 7.23. The Morgan fingerprint density at radius 2 is 1.50 bits per heavy atom. The van der Waals surface area contributed by atoms with E-state index in [0.717, 1.165) is 11.1 Å². The van der Waals surface area contributed by atoms with Crippen LogP contribution in [0.3, 0.4) is 0 Å². The van der Waals surface area contributed by atoms with Gasteiger partial charge in [0.2, 0.25) is 5.89 Å². The molecule has 0 bridgehead atoms. The molecule has 0 aliphatic carbocycles. The monoisotopic (exact) mass is 487 g/mol. The van der Waals surface area contributed by atoms with Gasteiger partial charge >= 0.3 is 0 Å². The average Bonchev–Trinajstić information content (AvgIpc) is 3.56. The number of amides is 1. The predicted octanol–water partition coefficient (Wildman–Crippen LogP) is 5.25. The van der Waals surface area contributed by atoms with Crippen LogP contribution in [0.4, 0.5) is 0 Å². The molecule has 168 valence electrons. The molecule has 1 N–H and O–H groups in total. The summed E-state index contributed by atoms with van der Waals surface area (Å²) in [4.78, 5) is 21.5. The number of rotatable bonds is 6. The number of thiazole rings is 1. The second-order valence-electron chi connectivity index (χ2n) is 7.23. The first kappa shape index (κ1) is 21.7. The Labute approximate surface area is 199 Å². The zero-order chi connectivity index (χ0) is 23.5. The van der Waals surface area contributed by atoms with Crippen LogP contribution in [-0.4, -0.2) is 24.3 Å². The number of hydrogen-bond donors (Lipinski definition) is 1. The molecular weight excluding hydrogens is 470 g/mol. The lowest BCUT2D eigenvalue weighted by Crippen LogP contribution is -2.31. The van der Waals surface area contributed by atoms with Crippen LogP contribution in [0.5, 0.6) is 0 Å². The van der Waals surface area contributed by atoms with Crippen molar-refractivity contribution in [2.45, 2.75) is 5.03 Å². The van der Waals surface area contributed by atoms with Gasteiger partial charge < -0.3 is 4.42 Å². The van der Waals surface area contributed by atoms with Gasteiger partial charge in [0.1, 0.15) is 5.01 Å². The topological polar surface area (TPSA) is 102 Å². The molecule has 34 heavy (non-hydrogen) atoms. The first-order valence-corrected chi connectivity index (χ1v) is 12.6. The lowest BCUT2D eigenvalue weighted by Gasteiger charge is -2.08. The van der Waals surface area contributed by atoms with Gasteiger partial charge in [0.15, 0.2) is 10.8 Å². The van der Waals surface area contributed by atoms with Crippen molar-refractivity contribution < 1.29 is 17.6 Å². The van der Waals surface area contributed by atoms with Crippen molar-refractivity contribution in [3.05, 3.63) is 102 Å². The van der Waals surface area contributed by atoms with E-state index in [1.165, 1.54) is 22.8 Å². The van der Waals surface area contributed by atoms with Gasteiger partial charge in [0.25, 0.3) is 15.9 Å². The third-order valence-electron chi connectivity index (χ3n) is 4.97. The molecule has 1 amide bonds. The van der Waals surface area contributed by atoms with E-state index in [2.05, 4.69) is 14.7 Å². The number of oxazole rings is 1. The number of sulfonamides is 1. The van der Waals surface area contributed by atoms with Crippen LogP contribution in [0.15, 0.2) is 106 Å². The molecular formula is C25H17N3O4S2. The van der Waals surface area contributed by atoms with Crippen LogP contribution in [0.1, 0.15) is 10.4 Å². The van der Waals surface area contributed by atoms with E-state index in [4.69, 9.17) is 4.42 Å². The van der Waals surface area contributed by atoms with E-state index in [0.29, 0.717) is 16.3 Å². The van der Waals surface area contributed by atoms with Gasteiger partial charge in [0.05, 0.1) is 11.8 Å². The number of nitrogens with one attached hydrogen (secondary N) is 1. The molecule has 0 radical (unpaired) electrons. The minimum Gasteiger partial charge on any atom is -0.436 e. The van der Waals surface area contributed by atoms with Crippen LogP contribution in [0, 0.1) is 0 Å². The maximum atomic E-state index is 13.0. The second-order valence-corrected chi connectivity index (χ2v) is 9.72. The summed E-state index contributed by atoms with van der Waals surface area (Å²) in [6.07, 6.45) is 1.57. The summed E-state index contributed by atoms with van der Waals surface area (Å²) in [5.41, 5.74) is 2.12. The van der Waals surface area contributed by atoms with Crippen LogP contribution >= 0.6 is 11.3 Å². The van der Waals surface area contributed by atoms with Crippen molar-refractivity contribution in [2.24, 2.45) is 0 Å². The maximum Gasteiger partial charge on any atom is 0.282 e. The zero-order valence-corrected chi connectivity index (χ0v) is 19.2. The number of nitrogens with zero attached hydrogens (tertiary/aromatic N) is 2. The lowest BCUT2D eigenvalue weighted by molar-refractivity contribution is 0.0981. The van der Waals surface area contributed by atoms with E-state index in [-0.39, 0.29) is 16.5 Å². The fraction of sp³-hybridized carbons (Fsp3) is 0. The number of carbonyl (C=O) groups is 1. The van der Waals surface area contributed by atoms with Crippen LogP contribution < -0.4 is 4.72 Å².